The summed E-state index contributed by atoms with van der Waals surface area (Å²) in [4.78, 5) is 29.2. The third kappa shape index (κ3) is 2.08. The fraction of sp³-hybridized carbons (Fsp3) is 0.545. The molecule has 0 aromatic carbocycles. The first kappa shape index (κ1) is 11.8. The van der Waals surface area contributed by atoms with Crippen molar-refractivity contribution < 1.29 is 9.90 Å². The summed E-state index contributed by atoms with van der Waals surface area (Å²) in [5.74, 6) is -0.906. The number of H-pyrrole nitrogens is 1. The number of carbonyl (C=O) groups is 1. The van der Waals surface area contributed by atoms with Crippen LogP contribution in [0.3, 0.4) is 0 Å². The van der Waals surface area contributed by atoms with E-state index in [0.717, 1.165) is 0 Å². The number of carboxylic acids is 1. The number of aromatic nitrogens is 2. The smallest absolute Gasteiger partial charge is 0.345 e. The van der Waals surface area contributed by atoms with Crippen molar-refractivity contribution in [2.75, 3.05) is 13.1 Å². The van der Waals surface area contributed by atoms with E-state index < -0.39 is 17.1 Å². The van der Waals surface area contributed by atoms with E-state index in [-0.39, 0.29) is 0 Å². The zero-order chi connectivity index (χ0) is 12.5. The molecule has 1 fully saturated rings. The van der Waals surface area contributed by atoms with E-state index in [1.54, 1.807) is 13.0 Å². The van der Waals surface area contributed by atoms with Gasteiger partial charge in [-0.15, -0.1) is 0 Å². The van der Waals surface area contributed by atoms with Crippen LogP contribution in [0.25, 0.3) is 0 Å². The number of aliphatic carboxylic acids is 1. The number of hydrogen-bond donors (Lipinski definition) is 3. The minimum Gasteiger partial charge on any atom is -0.481 e. The van der Waals surface area contributed by atoms with E-state index in [1.165, 1.54) is 0 Å². The van der Waals surface area contributed by atoms with Gasteiger partial charge in [0, 0.05) is 5.69 Å². The molecule has 2 heterocycles. The highest BCUT2D eigenvalue weighted by molar-refractivity contribution is 5.81. The number of aromatic amines is 1. The van der Waals surface area contributed by atoms with Crippen molar-refractivity contribution >= 4 is 5.97 Å². The summed E-state index contributed by atoms with van der Waals surface area (Å²) in [6, 6.07) is 1.65. The van der Waals surface area contributed by atoms with Gasteiger partial charge in [-0.2, -0.15) is 4.98 Å². The Labute approximate surface area is 98.1 Å². The molecule has 0 saturated carbocycles. The molecule has 2 rings (SSSR count). The quantitative estimate of drug-likeness (QED) is 0.661. The average molecular weight is 237 g/mol. The van der Waals surface area contributed by atoms with Crippen LogP contribution in [0, 0.1) is 6.92 Å². The van der Waals surface area contributed by atoms with E-state index in [0.29, 0.717) is 37.3 Å². The third-order valence-corrected chi connectivity index (χ3v) is 3.24. The molecule has 0 aliphatic carbocycles. The summed E-state index contributed by atoms with van der Waals surface area (Å²) < 4.78 is 0. The van der Waals surface area contributed by atoms with Gasteiger partial charge in [0.25, 0.3) is 0 Å². The maximum Gasteiger partial charge on any atom is 0.345 e. The summed E-state index contributed by atoms with van der Waals surface area (Å²) in [5.41, 5.74) is -0.504. The standard InChI is InChI=1S/C11H15N3O3/c1-7-6-8(14-10(17)13-7)11(9(15)16)2-4-12-5-3-11/h6,12H,2-5H2,1H3,(H,15,16)(H,13,14,17). The fourth-order valence-electron chi connectivity index (χ4n) is 2.26. The molecule has 6 heteroatoms. The SMILES string of the molecule is Cc1cc(C2(C(=O)O)CCNCC2)nc(=O)[nH]1. The molecular weight excluding hydrogens is 222 g/mol. The molecule has 0 bridgehead atoms. The molecule has 92 valence electrons. The first-order valence-electron chi connectivity index (χ1n) is 5.57. The van der Waals surface area contributed by atoms with Gasteiger partial charge in [0.15, 0.2) is 0 Å². The molecule has 1 aliphatic rings. The van der Waals surface area contributed by atoms with Crippen LogP contribution in [-0.4, -0.2) is 34.1 Å². The van der Waals surface area contributed by atoms with Crippen LogP contribution < -0.4 is 11.0 Å². The normalized spacial score (nSPS) is 18.9. The van der Waals surface area contributed by atoms with Gasteiger partial charge in [-0.25, -0.2) is 4.79 Å². The molecular formula is C11H15N3O3. The molecule has 0 unspecified atom stereocenters. The molecule has 17 heavy (non-hydrogen) atoms. The Morgan fingerprint density at radius 3 is 2.65 bits per heavy atom. The molecule has 0 amide bonds. The van der Waals surface area contributed by atoms with Crippen LogP contribution in [0.2, 0.25) is 0 Å². The van der Waals surface area contributed by atoms with Crippen molar-refractivity contribution in [3.8, 4) is 0 Å². The van der Waals surface area contributed by atoms with Gasteiger partial charge in [0.1, 0.15) is 5.41 Å². The largest absolute Gasteiger partial charge is 0.481 e. The highest BCUT2D eigenvalue weighted by Gasteiger charge is 2.43. The summed E-state index contributed by atoms with van der Waals surface area (Å²) >= 11 is 0. The average Bonchev–Trinajstić information content (AvgIpc) is 2.28. The summed E-state index contributed by atoms with van der Waals surface area (Å²) in [6.45, 7) is 2.98. The Balaban J connectivity index is 2.52. The van der Waals surface area contributed by atoms with Gasteiger partial charge >= 0.3 is 11.7 Å². The second-order valence-electron chi connectivity index (χ2n) is 4.39. The maximum atomic E-state index is 11.5. The Morgan fingerprint density at radius 2 is 2.12 bits per heavy atom. The Hall–Kier alpha value is -1.69. The minimum absolute atomic E-state index is 0.368. The Bertz CT molecular complexity index is 489. The Kier molecular flexibility index (Phi) is 2.97. The summed E-state index contributed by atoms with van der Waals surface area (Å²) in [7, 11) is 0. The molecule has 6 nitrogen and oxygen atoms in total. The van der Waals surface area contributed by atoms with Gasteiger partial charge in [0.05, 0.1) is 5.69 Å². The monoisotopic (exact) mass is 237 g/mol. The van der Waals surface area contributed by atoms with Crippen molar-refractivity contribution in [2.24, 2.45) is 0 Å². The number of nitrogens with one attached hydrogen (secondary N) is 2. The summed E-state index contributed by atoms with van der Waals surface area (Å²) in [6.07, 6.45) is 0.913. The maximum absolute atomic E-state index is 11.5. The topological polar surface area (TPSA) is 95.1 Å². The zero-order valence-electron chi connectivity index (χ0n) is 9.62. The molecule has 0 atom stereocenters. The third-order valence-electron chi connectivity index (χ3n) is 3.24. The van der Waals surface area contributed by atoms with Gasteiger partial charge in [0.2, 0.25) is 0 Å². The lowest BCUT2D eigenvalue weighted by Gasteiger charge is -2.32. The van der Waals surface area contributed by atoms with Crippen LogP contribution in [0.15, 0.2) is 10.9 Å². The van der Waals surface area contributed by atoms with Gasteiger partial charge < -0.3 is 15.4 Å². The number of aryl methyl sites for hydroxylation is 1. The van der Waals surface area contributed by atoms with Crippen molar-refractivity contribution in [1.29, 1.82) is 0 Å². The first-order valence-corrected chi connectivity index (χ1v) is 5.57. The molecule has 1 aliphatic heterocycles. The molecule has 3 N–H and O–H groups in total. The number of hydrogen-bond acceptors (Lipinski definition) is 4. The number of nitrogens with zero attached hydrogens (tertiary/aromatic N) is 1. The lowest BCUT2D eigenvalue weighted by atomic mass is 9.76. The minimum atomic E-state index is -1.02. The van der Waals surface area contributed by atoms with Gasteiger partial charge in [-0.3, -0.25) is 4.79 Å². The van der Waals surface area contributed by atoms with Crippen LogP contribution in [-0.2, 0) is 10.2 Å². The lowest BCUT2D eigenvalue weighted by molar-refractivity contribution is -0.145. The van der Waals surface area contributed by atoms with E-state index in [9.17, 15) is 14.7 Å². The van der Waals surface area contributed by atoms with Crippen molar-refractivity contribution in [1.82, 2.24) is 15.3 Å². The van der Waals surface area contributed by atoms with Crippen molar-refractivity contribution in [2.45, 2.75) is 25.2 Å². The predicted molar refractivity (Wildman–Crippen MR) is 61.0 cm³/mol. The van der Waals surface area contributed by atoms with Crippen LogP contribution >= 0.6 is 0 Å². The molecule has 1 aromatic heterocycles. The zero-order valence-corrected chi connectivity index (χ0v) is 9.62. The van der Waals surface area contributed by atoms with E-state index >= 15 is 0 Å². The summed E-state index contributed by atoms with van der Waals surface area (Å²) in [5, 5.41) is 12.6. The predicted octanol–water partition coefficient (Wildman–Crippen LogP) is -0.216. The Morgan fingerprint density at radius 1 is 1.47 bits per heavy atom. The van der Waals surface area contributed by atoms with Gasteiger partial charge in [-0.1, -0.05) is 0 Å². The highest BCUT2D eigenvalue weighted by atomic mass is 16.4. The van der Waals surface area contributed by atoms with Crippen LogP contribution in [0.1, 0.15) is 24.2 Å². The van der Waals surface area contributed by atoms with Crippen LogP contribution in [0.4, 0.5) is 0 Å². The number of piperidine rings is 1. The van der Waals surface area contributed by atoms with Crippen LogP contribution in [0.5, 0.6) is 0 Å². The van der Waals surface area contributed by atoms with E-state index in [2.05, 4.69) is 15.3 Å². The van der Waals surface area contributed by atoms with E-state index in [4.69, 9.17) is 0 Å². The molecule has 0 spiro atoms. The highest BCUT2D eigenvalue weighted by Crippen LogP contribution is 2.32. The first-order chi connectivity index (χ1) is 8.04. The second-order valence-corrected chi connectivity index (χ2v) is 4.39. The van der Waals surface area contributed by atoms with Crippen molar-refractivity contribution in [3.63, 3.8) is 0 Å². The lowest BCUT2D eigenvalue weighted by Crippen LogP contribution is -2.46. The second kappa shape index (κ2) is 4.29. The van der Waals surface area contributed by atoms with E-state index in [1.807, 2.05) is 0 Å². The number of carboxylic acid groups (broad SMARTS) is 1. The number of rotatable bonds is 2. The van der Waals surface area contributed by atoms with Gasteiger partial charge in [-0.05, 0) is 38.9 Å². The molecule has 1 aromatic rings. The van der Waals surface area contributed by atoms with Crippen molar-refractivity contribution in [3.05, 3.63) is 27.9 Å². The molecule has 0 radical (unpaired) electrons. The fourth-order valence-corrected chi connectivity index (χ4v) is 2.26. The molecule has 1 saturated heterocycles.